The molecule has 5 heteroatoms. The Hall–Kier alpha value is -1.59. The number of amides is 1. The summed E-state index contributed by atoms with van der Waals surface area (Å²) in [5.74, 6) is 1.01. The van der Waals surface area contributed by atoms with Crippen LogP contribution in [0.15, 0.2) is 24.3 Å². The summed E-state index contributed by atoms with van der Waals surface area (Å²) in [6, 6.07) is 7.53. The predicted molar refractivity (Wildman–Crippen MR) is 80.1 cm³/mol. The van der Waals surface area contributed by atoms with Crippen molar-refractivity contribution in [2.24, 2.45) is 5.92 Å². The minimum absolute atomic E-state index is 0.0889. The van der Waals surface area contributed by atoms with Crippen LogP contribution in [0, 0.1) is 5.92 Å². The van der Waals surface area contributed by atoms with Crippen LogP contribution in [0.2, 0.25) is 0 Å². The maximum Gasteiger partial charge on any atom is 0.228 e. The van der Waals surface area contributed by atoms with Gasteiger partial charge in [-0.2, -0.15) is 0 Å². The van der Waals surface area contributed by atoms with Gasteiger partial charge in [0.1, 0.15) is 12.4 Å². The standard InChI is InChI=1S/C15H23N3O2/c1-18(2)9-10-20-14-5-3-13(4-6-14)17-15(19)12-7-8-16-11-12/h3-6,12,16H,7-11H2,1-2H3,(H,17,19). The molecule has 5 nitrogen and oxygen atoms in total. The number of carbonyl (C=O) groups is 1. The number of anilines is 1. The number of hydrogen-bond donors (Lipinski definition) is 2. The van der Waals surface area contributed by atoms with Gasteiger partial charge in [-0.25, -0.2) is 0 Å². The number of nitrogens with zero attached hydrogens (tertiary/aromatic N) is 1. The molecule has 0 bridgehead atoms. The molecule has 0 radical (unpaired) electrons. The first kappa shape index (κ1) is 14.8. The van der Waals surface area contributed by atoms with Crippen LogP contribution in [0.5, 0.6) is 5.75 Å². The van der Waals surface area contributed by atoms with Gasteiger partial charge >= 0.3 is 0 Å². The number of likely N-dealkylation sites (N-methyl/N-ethyl adjacent to an activating group) is 1. The van der Waals surface area contributed by atoms with Crippen LogP contribution in [0.3, 0.4) is 0 Å². The van der Waals surface area contributed by atoms with Crippen LogP contribution in [0.4, 0.5) is 5.69 Å². The Balaban J connectivity index is 1.80. The van der Waals surface area contributed by atoms with Gasteiger partial charge in [0.2, 0.25) is 5.91 Å². The summed E-state index contributed by atoms with van der Waals surface area (Å²) in [4.78, 5) is 14.0. The largest absolute Gasteiger partial charge is 0.492 e. The molecule has 1 saturated heterocycles. The Morgan fingerprint density at radius 1 is 1.40 bits per heavy atom. The predicted octanol–water partition coefficient (Wildman–Crippen LogP) is 1.17. The van der Waals surface area contributed by atoms with Crippen molar-refractivity contribution in [3.63, 3.8) is 0 Å². The van der Waals surface area contributed by atoms with Gasteiger partial charge in [-0.1, -0.05) is 0 Å². The van der Waals surface area contributed by atoms with Crippen molar-refractivity contribution in [1.29, 1.82) is 0 Å². The first-order chi connectivity index (χ1) is 9.65. The molecule has 0 aromatic heterocycles. The Labute approximate surface area is 120 Å². The van der Waals surface area contributed by atoms with Crippen molar-refractivity contribution in [3.05, 3.63) is 24.3 Å². The SMILES string of the molecule is CN(C)CCOc1ccc(NC(=O)C2CCNC2)cc1. The van der Waals surface area contributed by atoms with E-state index in [-0.39, 0.29) is 11.8 Å². The molecular weight excluding hydrogens is 254 g/mol. The molecule has 0 spiro atoms. The van der Waals surface area contributed by atoms with E-state index in [1.54, 1.807) is 0 Å². The van der Waals surface area contributed by atoms with E-state index in [4.69, 9.17) is 4.74 Å². The van der Waals surface area contributed by atoms with Crippen molar-refractivity contribution in [1.82, 2.24) is 10.2 Å². The molecule has 110 valence electrons. The fourth-order valence-corrected chi connectivity index (χ4v) is 2.10. The Morgan fingerprint density at radius 2 is 2.15 bits per heavy atom. The van der Waals surface area contributed by atoms with Crippen molar-refractivity contribution >= 4 is 11.6 Å². The fraction of sp³-hybridized carbons (Fsp3) is 0.533. The number of hydrogen-bond acceptors (Lipinski definition) is 4. The van der Waals surface area contributed by atoms with Gasteiger partial charge in [0, 0.05) is 18.8 Å². The molecule has 1 atom stereocenters. The lowest BCUT2D eigenvalue weighted by Gasteiger charge is -2.12. The number of carbonyl (C=O) groups excluding carboxylic acids is 1. The molecule has 2 rings (SSSR count). The Kier molecular flexibility index (Phi) is 5.38. The van der Waals surface area contributed by atoms with Gasteiger partial charge in [0.05, 0.1) is 5.92 Å². The highest BCUT2D eigenvalue weighted by molar-refractivity contribution is 5.92. The Morgan fingerprint density at radius 3 is 2.75 bits per heavy atom. The summed E-state index contributed by atoms with van der Waals surface area (Å²) in [6.45, 7) is 3.24. The smallest absolute Gasteiger partial charge is 0.228 e. The average Bonchev–Trinajstić information content (AvgIpc) is 2.94. The summed E-state index contributed by atoms with van der Waals surface area (Å²) >= 11 is 0. The summed E-state index contributed by atoms with van der Waals surface area (Å²) in [5, 5.41) is 6.14. The molecule has 20 heavy (non-hydrogen) atoms. The monoisotopic (exact) mass is 277 g/mol. The maximum atomic E-state index is 12.0. The lowest BCUT2D eigenvalue weighted by molar-refractivity contribution is -0.119. The van der Waals surface area contributed by atoms with Crippen LogP contribution in [0.1, 0.15) is 6.42 Å². The second-order valence-electron chi connectivity index (χ2n) is 5.36. The summed E-state index contributed by atoms with van der Waals surface area (Å²) in [7, 11) is 4.03. The van der Waals surface area contributed by atoms with Crippen LogP contribution in [0.25, 0.3) is 0 Å². The van der Waals surface area contributed by atoms with Crippen LogP contribution < -0.4 is 15.4 Å². The number of ether oxygens (including phenoxy) is 1. The summed E-state index contributed by atoms with van der Waals surface area (Å²) < 4.78 is 5.61. The molecule has 1 aromatic carbocycles. The molecule has 0 aliphatic carbocycles. The minimum Gasteiger partial charge on any atom is -0.492 e. The molecule has 1 amide bonds. The molecule has 1 aromatic rings. The van der Waals surface area contributed by atoms with E-state index in [9.17, 15) is 4.79 Å². The van der Waals surface area contributed by atoms with Gasteiger partial charge in [-0.3, -0.25) is 4.79 Å². The third-order valence-corrected chi connectivity index (χ3v) is 3.36. The molecule has 1 unspecified atom stereocenters. The van der Waals surface area contributed by atoms with Gasteiger partial charge in [-0.05, 0) is 51.3 Å². The topological polar surface area (TPSA) is 53.6 Å². The molecule has 2 N–H and O–H groups in total. The van der Waals surface area contributed by atoms with E-state index in [1.807, 2.05) is 38.4 Å². The third kappa shape index (κ3) is 4.51. The zero-order valence-electron chi connectivity index (χ0n) is 12.2. The summed E-state index contributed by atoms with van der Waals surface area (Å²) in [5.41, 5.74) is 0.821. The van der Waals surface area contributed by atoms with Gasteiger partial charge in [0.15, 0.2) is 0 Å². The van der Waals surface area contributed by atoms with Crippen molar-refractivity contribution in [2.75, 3.05) is 45.7 Å². The summed E-state index contributed by atoms with van der Waals surface area (Å²) in [6.07, 6.45) is 0.914. The van der Waals surface area contributed by atoms with Gasteiger partial charge < -0.3 is 20.3 Å². The number of benzene rings is 1. The lowest BCUT2D eigenvalue weighted by Crippen LogP contribution is -2.24. The second kappa shape index (κ2) is 7.26. The van der Waals surface area contributed by atoms with E-state index in [0.29, 0.717) is 6.61 Å². The molecule has 1 fully saturated rings. The fourth-order valence-electron chi connectivity index (χ4n) is 2.10. The van der Waals surface area contributed by atoms with E-state index in [0.717, 1.165) is 37.5 Å². The molecule has 1 aliphatic heterocycles. The molecule has 1 aliphatic rings. The van der Waals surface area contributed by atoms with Crippen molar-refractivity contribution < 1.29 is 9.53 Å². The Bertz CT molecular complexity index is 425. The minimum atomic E-state index is 0.0889. The maximum absolute atomic E-state index is 12.0. The zero-order valence-corrected chi connectivity index (χ0v) is 12.2. The third-order valence-electron chi connectivity index (χ3n) is 3.36. The molecular formula is C15H23N3O2. The zero-order chi connectivity index (χ0) is 14.4. The van der Waals surface area contributed by atoms with E-state index >= 15 is 0 Å². The van der Waals surface area contributed by atoms with Crippen molar-refractivity contribution in [3.8, 4) is 5.75 Å². The second-order valence-corrected chi connectivity index (χ2v) is 5.36. The molecule has 0 saturated carbocycles. The van der Waals surface area contributed by atoms with E-state index in [1.165, 1.54) is 0 Å². The lowest BCUT2D eigenvalue weighted by atomic mass is 10.1. The van der Waals surface area contributed by atoms with Gasteiger partial charge in [0.25, 0.3) is 0 Å². The number of nitrogens with one attached hydrogen (secondary N) is 2. The van der Waals surface area contributed by atoms with Gasteiger partial charge in [-0.15, -0.1) is 0 Å². The van der Waals surface area contributed by atoms with Crippen LogP contribution in [-0.2, 0) is 4.79 Å². The first-order valence-electron chi connectivity index (χ1n) is 7.04. The number of rotatable bonds is 6. The van der Waals surface area contributed by atoms with E-state index < -0.39 is 0 Å². The van der Waals surface area contributed by atoms with Crippen LogP contribution in [-0.4, -0.2) is 51.1 Å². The van der Waals surface area contributed by atoms with Crippen LogP contribution >= 0.6 is 0 Å². The highest BCUT2D eigenvalue weighted by Crippen LogP contribution is 2.17. The highest BCUT2D eigenvalue weighted by Gasteiger charge is 2.22. The van der Waals surface area contributed by atoms with E-state index in [2.05, 4.69) is 15.5 Å². The average molecular weight is 277 g/mol. The van der Waals surface area contributed by atoms with Crippen molar-refractivity contribution in [2.45, 2.75) is 6.42 Å². The normalized spacial score (nSPS) is 18.2. The highest BCUT2D eigenvalue weighted by atomic mass is 16.5. The molecule has 1 heterocycles. The first-order valence-corrected chi connectivity index (χ1v) is 7.04. The quantitative estimate of drug-likeness (QED) is 0.820.